The van der Waals surface area contributed by atoms with E-state index in [4.69, 9.17) is 0 Å². The summed E-state index contributed by atoms with van der Waals surface area (Å²) in [7, 11) is 0. The van der Waals surface area contributed by atoms with Crippen LogP contribution >= 0.6 is 0 Å². The number of aliphatic hydroxyl groups excluding tert-OH is 1. The molecular weight excluding hydrogens is 256 g/mol. The summed E-state index contributed by atoms with van der Waals surface area (Å²) < 4.78 is 0. The van der Waals surface area contributed by atoms with Crippen molar-refractivity contribution in [2.75, 3.05) is 0 Å². The van der Waals surface area contributed by atoms with Crippen molar-refractivity contribution < 1.29 is 5.11 Å². The van der Waals surface area contributed by atoms with E-state index in [1.807, 2.05) is 6.07 Å². The number of rotatable bonds is 4. The molecule has 1 heteroatoms. The molecular formula is C20H24O. The van der Waals surface area contributed by atoms with Gasteiger partial charge in [-0.1, -0.05) is 74.5 Å². The molecule has 1 aliphatic carbocycles. The van der Waals surface area contributed by atoms with E-state index in [0.717, 1.165) is 12.8 Å². The van der Waals surface area contributed by atoms with Crippen molar-refractivity contribution in [2.24, 2.45) is 5.41 Å². The molecule has 21 heavy (non-hydrogen) atoms. The predicted octanol–water partition coefficient (Wildman–Crippen LogP) is 4.73. The van der Waals surface area contributed by atoms with Gasteiger partial charge in [0, 0.05) is 17.3 Å². The summed E-state index contributed by atoms with van der Waals surface area (Å²) in [5.41, 5.74) is 2.64. The molecule has 0 bridgehead atoms. The number of hydrogen-bond donors (Lipinski definition) is 1. The minimum absolute atomic E-state index is 0.0157. The Morgan fingerprint density at radius 1 is 0.810 bits per heavy atom. The molecule has 3 atom stereocenters. The maximum absolute atomic E-state index is 10.9. The Bertz CT molecular complexity index is 571. The van der Waals surface area contributed by atoms with Crippen LogP contribution in [0, 0.1) is 5.41 Å². The lowest BCUT2D eigenvalue weighted by molar-refractivity contribution is -0.116. The van der Waals surface area contributed by atoms with Crippen molar-refractivity contribution >= 4 is 0 Å². The van der Waals surface area contributed by atoms with Gasteiger partial charge in [0.1, 0.15) is 0 Å². The van der Waals surface area contributed by atoms with E-state index in [1.54, 1.807) is 0 Å². The van der Waals surface area contributed by atoms with E-state index in [-0.39, 0.29) is 17.4 Å². The molecule has 1 N–H and O–H groups in total. The number of aliphatic hydroxyl groups is 1. The van der Waals surface area contributed by atoms with E-state index in [0.29, 0.717) is 5.92 Å². The number of benzene rings is 2. The molecule has 1 aliphatic rings. The van der Waals surface area contributed by atoms with Crippen LogP contribution in [-0.2, 0) is 0 Å². The Hall–Kier alpha value is -1.60. The van der Waals surface area contributed by atoms with Gasteiger partial charge in [-0.25, -0.2) is 0 Å². The average Bonchev–Trinajstić information content (AvgIpc) is 2.55. The van der Waals surface area contributed by atoms with Gasteiger partial charge in [-0.3, -0.25) is 0 Å². The lowest BCUT2D eigenvalue weighted by Gasteiger charge is -2.60. The van der Waals surface area contributed by atoms with E-state index in [2.05, 4.69) is 68.4 Å². The lowest BCUT2D eigenvalue weighted by Crippen LogP contribution is -2.57. The Morgan fingerprint density at radius 3 is 1.76 bits per heavy atom. The highest BCUT2D eigenvalue weighted by atomic mass is 16.3. The molecule has 0 radical (unpaired) electrons. The van der Waals surface area contributed by atoms with E-state index in [9.17, 15) is 5.11 Å². The third-order valence-corrected chi connectivity index (χ3v) is 5.57. The maximum atomic E-state index is 10.9. The normalized spacial score (nSPS) is 27.1. The second-order valence-electron chi connectivity index (χ2n) is 6.21. The van der Waals surface area contributed by atoms with Gasteiger partial charge in [0.2, 0.25) is 0 Å². The Kier molecular flexibility index (Phi) is 3.86. The fourth-order valence-corrected chi connectivity index (χ4v) is 4.32. The van der Waals surface area contributed by atoms with Crippen LogP contribution in [0.1, 0.15) is 49.7 Å². The topological polar surface area (TPSA) is 20.2 Å². The van der Waals surface area contributed by atoms with Crippen LogP contribution in [0.15, 0.2) is 60.7 Å². The van der Waals surface area contributed by atoms with Crippen LogP contribution in [0.2, 0.25) is 0 Å². The Balaban J connectivity index is 2.05. The molecule has 3 rings (SSSR count). The van der Waals surface area contributed by atoms with Crippen LogP contribution in [0.3, 0.4) is 0 Å². The second kappa shape index (κ2) is 5.65. The van der Waals surface area contributed by atoms with Crippen LogP contribution in [0.25, 0.3) is 0 Å². The summed E-state index contributed by atoms with van der Waals surface area (Å²) >= 11 is 0. The van der Waals surface area contributed by atoms with Crippen molar-refractivity contribution in [2.45, 2.75) is 44.6 Å². The van der Waals surface area contributed by atoms with E-state index < -0.39 is 0 Å². The summed E-state index contributed by atoms with van der Waals surface area (Å²) in [5, 5.41) is 10.9. The van der Waals surface area contributed by atoms with E-state index >= 15 is 0 Å². The Morgan fingerprint density at radius 2 is 1.29 bits per heavy atom. The minimum Gasteiger partial charge on any atom is -0.392 e. The van der Waals surface area contributed by atoms with Gasteiger partial charge in [0.15, 0.2) is 0 Å². The van der Waals surface area contributed by atoms with Gasteiger partial charge in [0.05, 0.1) is 6.10 Å². The molecule has 0 spiro atoms. The fraction of sp³-hybridized carbons (Fsp3) is 0.400. The first-order valence-corrected chi connectivity index (χ1v) is 8.02. The third-order valence-electron chi connectivity index (χ3n) is 5.57. The van der Waals surface area contributed by atoms with Crippen LogP contribution in [-0.4, -0.2) is 11.2 Å². The lowest BCUT2D eigenvalue weighted by atomic mass is 9.46. The summed E-state index contributed by atoms with van der Waals surface area (Å²) in [6.07, 6.45) is 1.79. The number of hydrogen-bond acceptors (Lipinski definition) is 1. The van der Waals surface area contributed by atoms with Gasteiger partial charge in [-0.15, -0.1) is 0 Å². The van der Waals surface area contributed by atoms with Gasteiger partial charge in [-0.05, 0) is 24.0 Å². The second-order valence-corrected chi connectivity index (χ2v) is 6.21. The van der Waals surface area contributed by atoms with Crippen molar-refractivity contribution in [1.82, 2.24) is 0 Å². The van der Waals surface area contributed by atoms with Gasteiger partial charge < -0.3 is 5.11 Å². The molecule has 0 saturated heterocycles. The molecule has 1 fully saturated rings. The predicted molar refractivity (Wildman–Crippen MR) is 87.4 cm³/mol. The molecule has 0 aromatic heterocycles. The SMILES string of the molecule is CCC1(CC)C(O)C(c2ccccc2)C1c1ccccc1. The molecule has 2 aromatic carbocycles. The highest BCUT2D eigenvalue weighted by Gasteiger charge is 2.59. The quantitative estimate of drug-likeness (QED) is 0.858. The first kappa shape index (κ1) is 14.3. The van der Waals surface area contributed by atoms with Crippen LogP contribution < -0.4 is 0 Å². The summed E-state index contributed by atoms with van der Waals surface area (Å²) in [6.45, 7) is 4.42. The summed E-state index contributed by atoms with van der Waals surface area (Å²) in [4.78, 5) is 0. The molecule has 0 heterocycles. The van der Waals surface area contributed by atoms with Crippen LogP contribution in [0.5, 0.6) is 0 Å². The van der Waals surface area contributed by atoms with Gasteiger partial charge in [-0.2, -0.15) is 0 Å². The van der Waals surface area contributed by atoms with Gasteiger partial charge >= 0.3 is 0 Å². The van der Waals surface area contributed by atoms with Crippen molar-refractivity contribution in [3.8, 4) is 0 Å². The molecule has 1 saturated carbocycles. The zero-order valence-electron chi connectivity index (χ0n) is 12.9. The molecule has 3 unspecified atom stereocenters. The summed E-state index contributed by atoms with van der Waals surface area (Å²) in [5.74, 6) is 0.625. The molecule has 2 aromatic rings. The highest BCUT2D eigenvalue weighted by molar-refractivity contribution is 5.38. The van der Waals surface area contributed by atoms with Crippen molar-refractivity contribution in [3.05, 3.63) is 71.8 Å². The zero-order chi connectivity index (χ0) is 14.9. The largest absolute Gasteiger partial charge is 0.392 e. The first-order valence-electron chi connectivity index (χ1n) is 8.02. The van der Waals surface area contributed by atoms with Gasteiger partial charge in [0.25, 0.3) is 0 Å². The zero-order valence-corrected chi connectivity index (χ0v) is 12.9. The highest BCUT2D eigenvalue weighted by Crippen LogP contribution is 2.64. The molecule has 0 amide bonds. The third kappa shape index (κ3) is 2.11. The Labute approximate surface area is 127 Å². The smallest absolute Gasteiger partial charge is 0.0676 e. The van der Waals surface area contributed by atoms with Crippen molar-refractivity contribution in [3.63, 3.8) is 0 Å². The van der Waals surface area contributed by atoms with E-state index in [1.165, 1.54) is 11.1 Å². The first-order chi connectivity index (χ1) is 10.2. The fourth-order valence-electron chi connectivity index (χ4n) is 4.32. The monoisotopic (exact) mass is 280 g/mol. The average molecular weight is 280 g/mol. The molecule has 0 aliphatic heterocycles. The summed E-state index contributed by atoms with van der Waals surface area (Å²) in [6, 6.07) is 21.2. The molecule has 1 nitrogen and oxygen atoms in total. The van der Waals surface area contributed by atoms with Crippen LogP contribution in [0.4, 0.5) is 0 Å². The minimum atomic E-state index is -0.250. The maximum Gasteiger partial charge on any atom is 0.0676 e. The standard InChI is InChI=1S/C20H24O/c1-3-20(4-2)18(16-13-9-6-10-14-16)17(19(20)21)15-11-7-5-8-12-15/h5-14,17-19,21H,3-4H2,1-2H3. The molecule has 110 valence electrons. The van der Waals surface area contributed by atoms with Crippen molar-refractivity contribution in [1.29, 1.82) is 0 Å².